The Morgan fingerprint density at radius 1 is 0.794 bits per heavy atom. The molecule has 2 saturated heterocycles. The summed E-state index contributed by atoms with van der Waals surface area (Å²) < 4.78 is 83.7. The van der Waals surface area contributed by atoms with Crippen LogP contribution in [-0.4, -0.2) is 104 Å². The van der Waals surface area contributed by atoms with Gasteiger partial charge in [-0.05, 0) is 53.7 Å². The molecule has 0 amide bonds. The molecule has 21 nitrogen and oxygen atoms in total. The molecule has 0 bridgehead atoms. The van der Waals surface area contributed by atoms with Crippen molar-refractivity contribution in [1.29, 1.82) is 0 Å². The average Bonchev–Trinajstić information content (AvgIpc) is 3.60. The molecule has 0 aliphatic carbocycles. The van der Waals surface area contributed by atoms with Crippen molar-refractivity contribution in [1.82, 2.24) is 34.8 Å². The van der Waals surface area contributed by atoms with Gasteiger partial charge in [0.05, 0.1) is 37.6 Å². The zero-order valence-electron chi connectivity index (χ0n) is 39.7. The van der Waals surface area contributed by atoms with Gasteiger partial charge in [0.15, 0.2) is 29.6 Å². The molecule has 1 aromatic carbocycles. The first-order valence-corrected chi connectivity index (χ1v) is 25.6. The summed E-state index contributed by atoms with van der Waals surface area (Å²) in [6.45, 7) is 18.3. The van der Waals surface area contributed by atoms with Gasteiger partial charge in [-0.3, -0.25) is 47.4 Å². The lowest BCUT2D eigenvalue weighted by Gasteiger charge is -2.25. The van der Waals surface area contributed by atoms with Gasteiger partial charge in [-0.15, -0.1) is 0 Å². The molecule has 2 fully saturated rings. The Labute approximate surface area is 394 Å². The van der Waals surface area contributed by atoms with Gasteiger partial charge in [-0.25, -0.2) is 28.9 Å². The number of aromatic nitrogens is 4. The Morgan fingerprint density at radius 2 is 1.26 bits per heavy atom. The lowest BCUT2D eigenvalue weighted by atomic mass is 9.90. The minimum Gasteiger partial charge on any atom is -0.462 e. The molecular weight excluding hydrogens is 938 g/mol. The number of para-hydroxylation sites is 1. The highest BCUT2D eigenvalue weighted by Gasteiger charge is 2.54. The second kappa shape index (κ2) is 24.9. The Morgan fingerprint density at radius 3 is 1.69 bits per heavy atom. The Hall–Kier alpha value is -4.44. The molecular formula is C43H69F2N7O14P2. The van der Waals surface area contributed by atoms with E-state index in [1.807, 2.05) is 24.9 Å². The largest absolute Gasteiger partial charge is 0.462 e. The number of aromatic amines is 2. The number of hydrogen-bond donors (Lipinski definition) is 6. The number of aliphatic hydroxyl groups excluding tert-OH is 1. The number of alkyl halides is 2. The molecule has 3 aromatic rings. The third kappa shape index (κ3) is 16.3. The number of halogens is 2. The monoisotopic (exact) mass is 1010 g/mol. The van der Waals surface area contributed by atoms with E-state index in [0.717, 1.165) is 27.5 Å². The maximum Gasteiger partial charge on any atom is 0.330 e. The second-order valence-corrected chi connectivity index (χ2v) is 21.7. The molecule has 2 aliphatic rings. The number of benzene rings is 1. The molecule has 0 radical (unpaired) electrons. The van der Waals surface area contributed by atoms with E-state index in [2.05, 4.69) is 20.7 Å². The number of carbonyl (C=O) groups is 2. The van der Waals surface area contributed by atoms with Crippen molar-refractivity contribution in [3.63, 3.8) is 0 Å². The van der Waals surface area contributed by atoms with Crippen LogP contribution in [0.5, 0.6) is 5.75 Å². The van der Waals surface area contributed by atoms with Gasteiger partial charge < -0.3 is 28.4 Å². The lowest BCUT2D eigenvalue weighted by molar-refractivity contribution is -0.149. The minimum atomic E-state index is -3.44. The first-order valence-electron chi connectivity index (χ1n) is 21.5. The van der Waals surface area contributed by atoms with Gasteiger partial charge in [-0.1, -0.05) is 53.3 Å². The number of rotatable bonds is 17. The predicted molar refractivity (Wildman–Crippen MR) is 251 cm³/mol. The summed E-state index contributed by atoms with van der Waals surface area (Å²) in [5.41, 5.74) is -3.73. The number of ether oxygens (including phenoxy) is 3. The number of hydrazine groups is 1. The molecule has 5 rings (SSSR count). The van der Waals surface area contributed by atoms with Gasteiger partial charge >= 0.3 is 24.9 Å². The smallest absolute Gasteiger partial charge is 0.330 e. The molecule has 0 spiro atoms. The topological polar surface area (TPSA) is 280 Å². The van der Waals surface area contributed by atoms with Crippen LogP contribution < -0.4 is 42.7 Å². The Balaban J connectivity index is 0.000000364. The summed E-state index contributed by atoms with van der Waals surface area (Å²) in [7, 11) is -6.50. The quantitative estimate of drug-likeness (QED) is 0.0613. The Kier molecular flexibility index (Phi) is 21.9. The van der Waals surface area contributed by atoms with E-state index in [0.29, 0.717) is 5.75 Å². The molecule has 0 saturated carbocycles. The number of esters is 1. The molecule has 384 valence electrons. The normalized spacial score (nSPS) is 27.0. The highest BCUT2D eigenvalue weighted by Crippen LogP contribution is 2.47. The fourth-order valence-corrected chi connectivity index (χ4v) is 9.09. The standard InChI is InChI=1S/C18H29FN3O7P.C13H21N2O3P.C11H15FN2O4.CH4/c1-10(2)28-15(24)12(4)21-30(6,26)27-9-13-11(3)18(5,19)16(29-13)22-8-7-14(23)20-17(22)25;1-10(2)13(16)11(3)14-15-19(4,17)18-12-8-6-5-7-9-12;1-6-7(5-15)18-9(11(6,2)12)14-4-3-8(16)13-10(14)17;/h7-8,10-13,16H,9H2,1-6H3,(H,21,26)(H,20,23,25);5-11,14H,1-4H3,(H,15,17);3-4,6-7,9,15H,5H2,1-2H3,(H,13,16,17);1H4/t11-,12+,13-,16-,18-,30+;11-,19-;6-,7-,9-,11-;/m101./s1. The summed E-state index contributed by atoms with van der Waals surface area (Å²) in [6, 6.07) is 9.82. The second-order valence-electron chi connectivity index (χ2n) is 17.4. The van der Waals surface area contributed by atoms with Crippen molar-refractivity contribution >= 4 is 26.8 Å². The van der Waals surface area contributed by atoms with Crippen molar-refractivity contribution in [2.24, 2.45) is 17.8 Å². The number of carbonyl (C=O) groups excluding carboxylic acids is 2. The van der Waals surface area contributed by atoms with E-state index in [-0.39, 0.29) is 38.4 Å². The number of hydrogen-bond acceptors (Lipinski definition) is 15. The van der Waals surface area contributed by atoms with Crippen LogP contribution in [0.2, 0.25) is 0 Å². The van der Waals surface area contributed by atoms with E-state index in [1.165, 1.54) is 40.3 Å². The summed E-state index contributed by atoms with van der Waals surface area (Å²) in [5, 5.41) is 14.3. The van der Waals surface area contributed by atoms with E-state index in [9.17, 15) is 42.3 Å². The predicted octanol–water partition coefficient (Wildman–Crippen LogP) is 4.59. The van der Waals surface area contributed by atoms with Gasteiger partial charge in [0.25, 0.3) is 18.6 Å². The summed E-state index contributed by atoms with van der Waals surface area (Å²) >= 11 is 0. The van der Waals surface area contributed by atoms with Gasteiger partial charge in [0.1, 0.15) is 11.8 Å². The maximum absolute atomic E-state index is 15.4. The number of H-pyrrole nitrogens is 2. The van der Waals surface area contributed by atoms with Crippen LogP contribution in [0.25, 0.3) is 0 Å². The van der Waals surface area contributed by atoms with Crippen LogP contribution in [0.4, 0.5) is 8.78 Å². The third-order valence-electron chi connectivity index (χ3n) is 11.0. The third-order valence-corrected chi connectivity index (χ3v) is 13.6. The van der Waals surface area contributed by atoms with Gasteiger partial charge in [0, 0.05) is 55.6 Å². The number of nitrogens with zero attached hydrogens (tertiary/aromatic N) is 2. The van der Waals surface area contributed by atoms with Crippen LogP contribution >= 0.6 is 15.0 Å². The number of aliphatic hydroxyl groups is 1. The SMILES string of the molecule is C.CC(C)C(=O)[C@H](C)NN[P@@](C)(=O)Oc1ccccc1.CC(C)OC(=O)[C@H](C)N[P@@](C)(=O)OC[C@H]1O[C@@H](n2ccc(=O)[nH]c2=O)[C@](C)(F)[C@@H]1C.C[C@@H]1[C@@H](CO)O[C@@H](n2ccc(=O)[nH]c2=O)[C@]1(C)F. The minimum absolute atomic E-state index is 0. The molecule has 6 N–H and O–H groups in total. The zero-order valence-corrected chi connectivity index (χ0v) is 41.5. The first kappa shape index (κ1) is 59.7. The Bertz CT molecular complexity index is 2460. The van der Waals surface area contributed by atoms with E-state index in [4.69, 9.17) is 28.4 Å². The summed E-state index contributed by atoms with van der Waals surface area (Å²) in [5.74, 6) is -1.36. The molecule has 12 atom stereocenters. The van der Waals surface area contributed by atoms with Crippen LogP contribution in [0.15, 0.2) is 74.0 Å². The highest BCUT2D eigenvalue weighted by atomic mass is 31.2. The fraction of sp³-hybridized carbons (Fsp3) is 0.628. The highest BCUT2D eigenvalue weighted by molar-refractivity contribution is 7.56. The van der Waals surface area contributed by atoms with Crippen LogP contribution in [0, 0.1) is 17.8 Å². The molecule has 0 unspecified atom stereocenters. The number of nitrogens with one attached hydrogen (secondary N) is 5. The first-order chi connectivity index (χ1) is 30.9. The van der Waals surface area contributed by atoms with Crippen molar-refractivity contribution in [2.75, 3.05) is 26.5 Å². The number of Topliss-reactive ketones (excluding diaryl/α,β-unsaturated/α-hetero) is 1. The van der Waals surface area contributed by atoms with Crippen LogP contribution in [-0.2, 0) is 37.5 Å². The zero-order chi connectivity index (χ0) is 50.8. The van der Waals surface area contributed by atoms with E-state index in [1.54, 1.807) is 58.9 Å². The molecule has 4 heterocycles. The number of ketones is 1. The van der Waals surface area contributed by atoms with Crippen molar-refractivity contribution < 1.29 is 55.9 Å². The van der Waals surface area contributed by atoms with Crippen molar-refractivity contribution in [2.45, 2.75) is 131 Å². The van der Waals surface area contributed by atoms with Crippen molar-refractivity contribution in [3.05, 3.63) is 96.5 Å². The summed E-state index contributed by atoms with van der Waals surface area (Å²) in [6.07, 6.45) is -1.92. The average molecular weight is 1010 g/mol. The molecule has 2 aliphatic heterocycles. The molecule has 2 aromatic heterocycles. The van der Waals surface area contributed by atoms with Crippen LogP contribution in [0.3, 0.4) is 0 Å². The fourth-order valence-electron chi connectivity index (χ4n) is 6.78. The molecule has 25 heteroatoms. The van der Waals surface area contributed by atoms with Gasteiger partial charge in [-0.2, -0.15) is 5.20 Å². The maximum atomic E-state index is 15.4. The summed E-state index contributed by atoms with van der Waals surface area (Å²) in [4.78, 5) is 73.6. The lowest BCUT2D eigenvalue weighted by Crippen LogP contribution is -2.44. The van der Waals surface area contributed by atoms with E-state index < -0.39 is 103 Å². The van der Waals surface area contributed by atoms with Crippen LogP contribution in [0.1, 0.15) is 89.1 Å². The van der Waals surface area contributed by atoms with Crippen molar-refractivity contribution in [3.8, 4) is 5.75 Å². The molecule has 68 heavy (non-hydrogen) atoms. The van der Waals surface area contributed by atoms with E-state index >= 15 is 4.39 Å². The van der Waals surface area contributed by atoms with Gasteiger partial charge in [0.2, 0.25) is 0 Å².